The SMILES string of the molecule is CC1CNCCN1CCCNC1CC1. The van der Waals surface area contributed by atoms with Crippen LogP contribution in [0.4, 0.5) is 0 Å². The van der Waals surface area contributed by atoms with Crippen molar-refractivity contribution < 1.29 is 0 Å². The topological polar surface area (TPSA) is 27.3 Å². The smallest absolute Gasteiger partial charge is 0.0192 e. The van der Waals surface area contributed by atoms with Crippen molar-refractivity contribution in [3.05, 3.63) is 0 Å². The zero-order valence-electron chi connectivity index (χ0n) is 9.26. The van der Waals surface area contributed by atoms with Crippen LogP contribution in [0.25, 0.3) is 0 Å². The maximum absolute atomic E-state index is 3.57. The monoisotopic (exact) mass is 197 g/mol. The molecular weight excluding hydrogens is 174 g/mol. The number of nitrogens with zero attached hydrogens (tertiary/aromatic N) is 1. The lowest BCUT2D eigenvalue weighted by Crippen LogP contribution is -2.50. The van der Waals surface area contributed by atoms with Gasteiger partial charge in [-0.15, -0.1) is 0 Å². The first-order valence-corrected chi connectivity index (χ1v) is 6.04. The molecule has 2 rings (SSSR count). The summed E-state index contributed by atoms with van der Waals surface area (Å²) < 4.78 is 0. The Balaban J connectivity index is 1.53. The molecule has 0 spiro atoms. The van der Waals surface area contributed by atoms with E-state index in [1.54, 1.807) is 0 Å². The summed E-state index contributed by atoms with van der Waals surface area (Å²) in [6.45, 7) is 8.35. The van der Waals surface area contributed by atoms with Crippen LogP contribution in [0.15, 0.2) is 0 Å². The molecule has 0 radical (unpaired) electrons. The molecular formula is C11H23N3. The zero-order valence-corrected chi connectivity index (χ0v) is 9.26. The van der Waals surface area contributed by atoms with E-state index in [9.17, 15) is 0 Å². The van der Waals surface area contributed by atoms with E-state index >= 15 is 0 Å². The number of piperazine rings is 1. The normalized spacial score (nSPS) is 29.4. The highest BCUT2D eigenvalue weighted by atomic mass is 15.2. The van der Waals surface area contributed by atoms with E-state index in [1.807, 2.05) is 0 Å². The van der Waals surface area contributed by atoms with Gasteiger partial charge in [0.15, 0.2) is 0 Å². The van der Waals surface area contributed by atoms with Gasteiger partial charge in [-0.1, -0.05) is 0 Å². The summed E-state index contributed by atoms with van der Waals surface area (Å²) in [5.41, 5.74) is 0. The van der Waals surface area contributed by atoms with E-state index in [0.717, 1.165) is 18.6 Å². The summed E-state index contributed by atoms with van der Waals surface area (Å²) in [6.07, 6.45) is 4.12. The minimum Gasteiger partial charge on any atom is -0.314 e. The summed E-state index contributed by atoms with van der Waals surface area (Å²) in [4.78, 5) is 2.60. The van der Waals surface area contributed by atoms with Crippen LogP contribution in [-0.4, -0.2) is 49.7 Å². The highest BCUT2D eigenvalue weighted by Crippen LogP contribution is 2.18. The van der Waals surface area contributed by atoms with Crippen molar-refractivity contribution in [1.29, 1.82) is 0 Å². The molecule has 1 unspecified atom stereocenters. The fraction of sp³-hybridized carbons (Fsp3) is 1.00. The summed E-state index contributed by atoms with van der Waals surface area (Å²) in [5.74, 6) is 0. The van der Waals surface area contributed by atoms with Crippen molar-refractivity contribution >= 4 is 0 Å². The number of nitrogens with one attached hydrogen (secondary N) is 2. The molecule has 82 valence electrons. The number of rotatable bonds is 5. The van der Waals surface area contributed by atoms with E-state index in [2.05, 4.69) is 22.5 Å². The van der Waals surface area contributed by atoms with Gasteiger partial charge >= 0.3 is 0 Å². The van der Waals surface area contributed by atoms with Gasteiger partial charge in [0.2, 0.25) is 0 Å². The van der Waals surface area contributed by atoms with Crippen LogP contribution in [0, 0.1) is 0 Å². The van der Waals surface area contributed by atoms with Gasteiger partial charge in [0, 0.05) is 31.7 Å². The van der Waals surface area contributed by atoms with Gasteiger partial charge in [0.25, 0.3) is 0 Å². The molecule has 3 nitrogen and oxygen atoms in total. The molecule has 0 amide bonds. The van der Waals surface area contributed by atoms with Crippen molar-refractivity contribution in [2.24, 2.45) is 0 Å². The molecule has 1 saturated heterocycles. The minimum atomic E-state index is 0.727. The van der Waals surface area contributed by atoms with E-state index in [0.29, 0.717) is 0 Å². The molecule has 0 aromatic carbocycles. The third-order valence-electron chi connectivity index (χ3n) is 3.27. The standard InChI is InChI=1S/C11H23N3/c1-10-9-12-6-8-14(10)7-2-5-13-11-3-4-11/h10-13H,2-9H2,1H3. The molecule has 3 heteroatoms. The quantitative estimate of drug-likeness (QED) is 0.626. The largest absolute Gasteiger partial charge is 0.314 e. The highest BCUT2D eigenvalue weighted by molar-refractivity contribution is 4.81. The van der Waals surface area contributed by atoms with Gasteiger partial charge < -0.3 is 10.6 Å². The minimum absolute atomic E-state index is 0.727. The second kappa shape index (κ2) is 5.10. The summed E-state index contributed by atoms with van der Waals surface area (Å²) in [5, 5.41) is 6.99. The van der Waals surface area contributed by atoms with Crippen molar-refractivity contribution in [1.82, 2.24) is 15.5 Å². The first kappa shape index (κ1) is 10.4. The Morgan fingerprint density at radius 3 is 3.00 bits per heavy atom. The zero-order chi connectivity index (χ0) is 9.80. The lowest BCUT2D eigenvalue weighted by atomic mass is 10.2. The van der Waals surface area contributed by atoms with E-state index in [4.69, 9.17) is 0 Å². The number of hydrogen-bond acceptors (Lipinski definition) is 3. The van der Waals surface area contributed by atoms with Crippen molar-refractivity contribution in [2.45, 2.75) is 38.3 Å². The van der Waals surface area contributed by atoms with E-state index in [-0.39, 0.29) is 0 Å². The van der Waals surface area contributed by atoms with Gasteiger partial charge in [0.1, 0.15) is 0 Å². The Kier molecular flexibility index (Phi) is 3.79. The molecule has 1 atom stereocenters. The average Bonchev–Trinajstić information content (AvgIpc) is 2.99. The molecule has 0 aromatic rings. The third kappa shape index (κ3) is 3.23. The van der Waals surface area contributed by atoms with Crippen molar-refractivity contribution in [3.63, 3.8) is 0 Å². The maximum Gasteiger partial charge on any atom is 0.0192 e. The molecule has 0 bridgehead atoms. The van der Waals surface area contributed by atoms with Gasteiger partial charge in [-0.05, 0) is 39.3 Å². The summed E-state index contributed by atoms with van der Waals surface area (Å²) >= 11 is 0. The van der Waals surface area contributed by atoms with Gasteiger partial charge in [-0.2, -0.15) is 0 Å². The predicted molar refractivity (Wildman–Crippen MR) is 59.5 cm³/mol. The fourth-order valence-corrected chi connectivity index (χ4v) is 2.09. The molecule has 1 aliphatic heterocycles. The van der Waals surface area contributed by atoms with Gasteiger partial charge in [-0.25, -0.2) is 0 Å². The van der Waals surface area contributed by atoms with Gasteiger partial charge in [0.05, 0.1) is 0 Å². The number of hydrogen-bond donors (Lipinski definition) is 2. The molecule has 2 fully saturated rings. The van der Waals surface area contributed by atoms with Crippen LogP contribution in [0.3, 0.4) is 0 Å². The molecule has 14 heavy (non-hydrogen) atoms. The van der Waals surface area contributed by atoms with Crippen LogP contribution in [0.5, 0.6) is 0 Å². The van der Waals surface area contributed by atoms with E-state index in [1.165, 1.54) is 45.4 Å². The lowest BCUT2D eigenvalue weighted by molar-refractivity contribution is 0.171. The first-order valence-electron chi connectivity index (χ1n) is 6.04. The van der Waals surface area contributed by atoms with Gasteiger partial charge in [-0.3, -0.25) is 4.90 Å². The highest BCUT2D eigenvalue weighted by Gasteiger charge is 2.20. The second-order valence-electron chi connectivity index (χ2n) is 4.67. The third-order valence-corrected chi connectivity index (χ3v) is 3.27. The molecule has 1 heterocycles. The predicted octanol–water partition coefficient (Wildman–Crippen LogP) is 0.422. The molecule has 2 N–H and O–H groups in total. The lowest BCUT2D eigenvalue weighted by Gasteiger charge is -2.33. The van der Waals surface area contributed by atoms with Crippen LogP contribution < -0.4 is 10.6 Å². The second-order valence-corrected chi connectivity index (χ2v) is 4.67. The maximum atomic E-state index is 3.57. The van der Waals surface area contributed by atoms with Crippen molar-refractivity contribution in [3.8, 4) is 0 Å². The Bertz CT molecular complexity index is 168. The first-order chi connectivity index (χ1) is 6.86. The average molecular weight is 197 g/mol. The van der Waals surface area contributed by atoms with Crippen LogP contribution in [0.1, 0.15) is 26.2 Å². The molecule has 2 aliphatic rings. The molecule has 0 aromatic heterocycles. The van der Waals surface area contributed by atoms with Crippen molar-refractivity contribution in [2.75, 3.05) is 32.7 Å². The Hall–Kier alpha value is -0.120. The molecule has 1 saturated carbocycles. The summed E-state index contributed by atoms with van der Waals surface area (Å²) in [7, 11) is 0. The Labute approximate surface area is 87.2 Å². The summed E-state index contributed by atoms with van der Waals surface area (Å²) in [6, 6.07) is 1.60. The Morgan fingerprint density at radius 2 is 2.29 bits per heavy atom. The van der Waals surface area contributed by atoms with Crippen LogP contribution >= 0.6 is 0 Å². The van der Waals surface area contributed by atoms with E-state index < -0.39 is 0 Å². The Morgan fingerprint density at radius 1 is 1.43 bits per heavy atom. The molecule has 1 aliphatic carbocycles. The fourth-order valence-electron chi connectivity index (χ4n) is 2.09. The van der Waals surface area contributed by atoms with Crippen LogP contribution in [0.2, 0.25) is 0 Å². The van der Waals surface area contributed by atoms with Crippen LogP contribution in [-0.2, 0) is 0 Å².